The summed E-state index contributed by atoms with van der Waals surface area (Å²) in [6.45, 7) is 5.89. The number of anilines is 1. The lowest BCUT2D eigenvalue weighted by atomic mass is 9.48. The Bertz CT molecular complexity index is 1440. The maximum Gasteiger partial charge on any atom is 0.244 e. The Morgan fingerprint density at radius 2 is 1.57 bits per heavy atom. The van der Waals surface area contributed by atoms with Crippen LogP contribution in [0, 0.1) is 23.7 Å². The molecule has 1 atom stereocenters. The Balaban J connectivity index is 1.41. The zero-order valence-corrected chi connectivity index (χ0v) is 28.5. The van der Waals surface area contributed by atoms with Crippen LogP contribution in [0.1, 0.15) is 76.8 Å². The summed E-state index contributed by atoms with van der Waals surface area (Å²) in [4.78, 5) is 28.8. The van der Waals surface area contributed by atoms with E-state index in [1.807, 2.05) is 32.9 Å². The van der Waals surface area contributed by atoms with Gasteiger partial charge in [-0.05, 0) is 109 Å². The van der Waals surface area contributed by atoms with Crippen LogP contribution in [-0.4, -0.2) is 50.5 Å². The number of hydrogen-bond donors (Lipinski definition) is 1. The molecule has 4 aliphatic carbocycles. The van der Waals surface area contributed by atoms with Crippen molar-refractivity contribution >= 4 is 50.7 Å². The molecule has 0 saturated heterocycles. The number of rotatable bonds is 12. The number of nitrogens with zero attached hydrogens (tertiary/aromatic N) is 2. The molecule has 44 heavy (non-hydrogen) atoms. The Hall–Kier alpha value is -2.29. The Morgan fingerprint density at radius 3 is 2.07 bits per heavy atom. The van der Waals surface area contributed by atoms with Gasteiger partial charge in [-0.1, -0.05) is 62.2 Å². The van der Waals surface area contributed by atoms with Gasteiger partial charge in [0.25, 0.3) is 0 Å². The zero-order chi connectivity index (χ0) is 31.8. The fraction of sp³-hybridized carbons (Fsp3) is 0.588. The average Bonchev–Trinajstić information content (AvgIpc) is 2.94. The van der Waals surface area contributed by atoms with E-state index < -0.39 is 28.5 Å². The minimum Gasteiger partial charge on any atom is -0.354 e. The van der Waals surface area contributed by atoms with Crippen LogP contribution >= 0.6 is 23.2 Å². The van der Waals surface area contributed by atoms with Crippen LogP contribution in [0.15, 0.2) is 42.5 Å². The van der Waals surface area contributed by atoms with E-state index in [-0.39, 0.29) is 23.8 Å². The van der Waals surface area contributed by atoms with Crippen LogP contribution in [-0.2, 0) is 31.6 Å². The van der Waals surface area contributed by atoms with Crippen molar-refractivity contribution < 1.29 is 18.0 Å². The first-order chi connectivity index (χ1) is 20.8. The minimum atomic E-state index is -3.82. The van der Waals surface area contributed by atoms with E-state index in [2.05, 4.69) is 17.4 Å². The molecule has 240 valence electrons. The topological polar surface area (TPSA) is 86.8 Å². The Labute approximate surface area is 272 Å². The third-order valence-electron chi connectivity index (χ3n) is 9.91. The van der Waals surface area contributed by atoms with Gasteiger partial charge >= 0.3 is 0 Å². The third kappa shape index (κ3) is 7.23. The highest BCUT2D eigenvalue weighted by Crippen LogP contribution is 2.60. The summed E-state index contributed by atoms with van der Waals surface area (Å²) in [6, 6.07) is 12.0. The van der Waals surface area contributed by atoms with E-state index in [0.29, 0.717) is 34.3 Å². The largest absolute Gasteiger partial charge is 0.354 e. The maximum absolute atomic E-state index is 14.1. The molecule has 1 N–H and O–H groups in total. The predicted molar refractivity (Wildman–Crippen MR) is 177 cm³/mol. The van der Waals surface area contributed by atoms with Crippen molar-refractivity contribution in [1.29, 1.82) is 0 Å². The maximum atomic E-state index is 14.1. The van der Waals surface area contributed by atoms with Gasteiger partial charge < -0.3 is 10.2 Å². The normalized spacial score (nSPS) is 24.8. The second kappa shape index (κ2) is 13.2. The quantitative estimate of drug-likeness (QED) is 0.271. The molecule has 2 aromatic carbocycles. The lowest BCUT2D eigenvalue weighted by molar-refractivity contribution is -0.140. The monoisotopic (exact) mass is 661 g/mol. The molecule has 2 amide bonds. The summed E-state index contributed by atoms with van der Waals surface area (Å²) >= 11 is 12.6. The molecule has 4 fully saturated rings. The smallest absolute Gasteiger partial charge is 0.244 e. The molecular weight excluding hydrogens is 617 g/mol. The molecule has 0 heterocycles. The summed E-state index contributed by atoms with van der Waals surface area (Å²) in [6.07, 6.45) is 9.16. The lowest BCUT2D eigenvalue weighted by Crippen LogP contribution is -2.52. The van der Waals surface area contributed by atoms with Crippen molar-refractivity contribution in [3.8, 4) is 0 Å². The highest BCUT2D eigenvalue weighted by molar-refractivity contribution is 7.92. The number of carbonyl (C=O) groups excluding carboxylic acids is 2. The summed E-state index contributed by atoms with van der Waals surface area (Å²) in [5.41, 5.74) is 2.53. The Morgan fingerprint density at radius 1 is 0.977 bits per heavy atom. The highest BCUT2D eigenvalue weighted by atomic mass is 35.5. The van der Waals surface area contributed by atoms with E-state index in [0.717, 1.165) is 28.3 Å². The molecule has 0 aromatic heterocycles. The van der Waals surface area contributed by atoms with Crippen molar-refractivity contribution in [3.63, 3.8) is 0 Å². The molecule has 4 aliphatic rings. The van der Waals surface area contributed by atoms with Crippen molar-refractivity contribution in [2.45, 2.75) is 83.7 Å². The molecule has 4 saturated carbocycles. The van der Waals surface area contributed by atoms with Gasteiger partial charge in [-0.3, -0.25) is 13.9 Å². The molecular formula is C34H45Cl2N3O4S. The van der Waals surface area contributed by atoms with Crippen LogP contribution < -0.4 is 9.62 Å². The minimum absolute atomic E-state index is 0.0327. The number of amides is 2. The van der Waals surface area contributed by atoms with Crippen molar-refractivity contribution in [2.75, 3.05) is 23.7 Å². The van der Waals surface area contributed by atoms with Gasteiger partial charge in [0.2, 0.25) is 21.8 Å². The predicted octanol–water partition coefficient (Wildman–Crippen LogP) is 6.81. The van der Waals surface area contributed by atoms with Crippen LogP contribution in [0.4, 0.5) is 5.69 Å². The first kappa shape index (κ1) is 33.1. The van der Waals surface area contributed by atoms with Crippen LogP contribution in [0.5, 0.6) is 0 Å². The molecule has 0 radical (unpaired) electrons. The second-order valence-corrected chi connectivity index (χ2v) is 16.6. The second-order valence-electron chi connectivity index (χ2n) is 13.8. The summed E-state index contributed by atoms with van der Waals surface area (Å²) in [5.74, 6) is 1.86. The van der Waals surface area contributed by atoms with E-state index >= 15 is 0 Å². The number of sulfonamides is 1. The molecule has 1 unspecified atom stereocenters. The molecule has 2 aromatic rings. The van der Waals surface area contributed by atoms with Crippen molar-refractivity contribution in [3.05, 3.63) is 63.6 Å². The van der Waals surface area contributed by atoms with Crippen molar-refractivity contribution in [2.24, 2.45) is 23.7 Å². The van der Waals surface area contributed by atoms with Gasteiger partial charge in [-0.15, -0.1) is 0 Å². The van der Waals surface area contributed by atoms with Crippen LogP contribution in [0.2, 0.25) is 10.0 Å². The van der Waals surface area contributed by atoms with E-state index in [9.17, 15) is 18.0 Å². The molecule has 0 spiro atoms. The molecule has 6 rings (SSSR count). The molecule has 0 aliphatic heterocycles. The van der Waals surface area contributed by atoms with Crippen LogP contribution in [0.25, 0.3) is 0 Å². The van der Waals surface area contributed by atoms with E-state index in [4.69, 9.17) is 23.2 Å². The Kier molecular flexibility index (Phi) is 9.93. The SMILES string of the molecule is CCC(C(=O)NCC(C)C)N(Cc1ccc(Cl)cc1Cl)C(=O)CN(c1ccc(C23CC4CC(CC(C4)C2)C3)cc1)S(C)(=O)=O. The van der Waals surface area contributed by atoms with Gasteiger partial charge in [0.15, 0.2) is 0 Å². The number of hydrogen-bond acceptors (Lipinski definition) is 4. The lowest BCUT2D eigenvalue weighted by Gasteiger charge is -2.57. The standard InChI is InChI=1S/C34H45Cl2N3O4S/c1-5-31(33(41)37-19-22(2)3)38(20-26-6-9-28(35)15-30(26)36)32(40)21-39(44(4,42)43)29-10-7-27(8-11-29)34-16-23-12-24(17-34)14-25(13-23)18-34/h6-11,15,22-25,31H,5,12-14,16-21H2,1-4H3,(H,37,41). The number of carbonyl (C=O) groups is 2. The fourth-order valence-corrected chi connectivity index (χ4v) is 9.55. The van der Waals surface area contributed by atoms with Gasteiger partial charge in [0.05, 0.1) is 11.9 Å². The molecule has 10 heteroatoms. The average molecular weight is 663 g/mol. The highest BCUT2D eigenvalue weighted by Gasteiger charge is 2.51. The van der Waals surface area contributed by atoms with E-state index in [1.165, 1.54) is 49.0 Å². The van der Waals surface area contributed by atoms with Gasteiger partial charge in [-0.2, -0.15) is 0 Å². The first-order valence-corrected chi connectivity index (χ1v) is 18.5. The zero-order valence-electron chi connectivity index (χ0n) is 26.2. The number of halogens is 2. The van der Waals surface area contributed by atoms with Crippen LogP contribution in [0.3, 0.4) is 0 Å². The summed E-state index contributed by atoms with van der Waals surface area (Å²) in [7, 11) is -3.82. The third-order valence-corrected chi connectivity index (χ3v) is 11.6. The molecule has 4 bridgehead atoms. The van der Waals surface area contributed by atoms with Gasteiger partial charge in [-0.25, -0.2) is 8.42 Å². The first-order valence-electron chi connectivity index (χ1n) is 15.9. The van der Waals surface area contributed by atoms with Gasteiger partial charge in [0.1, 0.15) is 12.6 Å². The van der Waals surface area contributed by atoms with E-state index in [1.54, 1.807) is 18.2 Å². The van der Waals surface area contributed by atoms with Crippen molar-refractivity contribution in [1.82, 2.24) is 10.2 Å². The summed E-state index contributed by atoms with van der Waals surface area (Å²) in [5, 5.41) is 3.76. The fourth-order valence-electron chi connectivity index (χ4n) is 8.23. The van der Waals surface area contributed by atoms with Gasteiger partial charge in [0, 0.05) is 23.1 Å². The number of nitrogens with one attached hydrogen (secondary N) is 1. The molecule has 7 nitrogen and oxygen atoms in total. The number of benzene rings is 2. The summed E-state index contributed by atoms with van der Waals surface area (Å²) < 4.78 is 27.4.